The lowest BCUT2D eigenvalue weighted by Gasteiger charge is -2.27. The van der Waals surface area contributed by atoms with Crippen molar-refractivity contribution in [1.29, 1.82) is 0 Å². The number of thiocarbonyl (C=S) groups is 1. The van der Waals surface area contributed by atoms with Gasteiger partial charge in [0.1, 0.15) is 11.9 Å². The van der Waals surface area contributed by atoms with Gasteiger partial charge in [-0.2, -0.15) is 5.10 Å². The second kappa shape index (κ2) is 8.60. The molecule has 3 rings (SSSR count). The molecule has 2 aromatic carbocycles. The smallest absolute Gasteiger partial charge is 0.187 e. The van der Waals surface area contributed by atoms with Crippen molar-refractivity contribution in [3.63, 3.8) is 0 Å². The molecule has 0 amide bonds. The Labute approximate surface area is 153 Å². The van der Waals surface area contributed by atoms with Crippen molar-refractivity contribution in [3.05, 3.63) is 65.7 Å². The van der Waals surface area contributed by atoms with Gasteiger partial charge in [0, 0.05) is 25.6 Å². The van der Waals surface area contributed by atoms with E-state index in [-0.39, 0.29) is 6.10 Å². The number of hydrazone groups is 1. The summed E-state index contributed by atoms with van der Waals surface area (Å²) in [6, 6.07) is 18.1. The van der Waals surface area contributed by atoms with Crippen LogP contribution in [0.1, 0.15) is 23.7 Å². The third-order valence-electron chi connectivity index (χ3n) is 3.90. The maximum absolute atomic E-state index is 6.16. The molecule has 1 atom stereocenters. The first kappa shape index (κ1) is 17.4. The third-order valence-corrected chi connectivity index (χ3v) is 4.14. The van der Waals surface area contributed by atoms with E-state index in [9.17, 15) is 0 Å². The number of methoxy groups -OCH3 is 1. The third kappa shape index (κ3) is 4.55. The summed E-state index contributed by atoms with van der Waals surface area (Å²) in [4.78, 5) is 0. The van der Waals surface area contributed by atoms with E-state index in [1.54, 1.807) is 7.11 Å². The molecule has 0 saturated carbocycles. The fourth-order valence-electron chi connectivity index (χ4n) is 2.67. The van der Waals surface area contributed by atoms with Crippen molar-refractivity contribution in [2.24, 2.45) is 5.10 Å². The summed E-state index contributed by atoms with van der Waals surface area (Å²) in [5, 5.41) is 8.04. The molecule has 0 saturated heterocycles. The minimum absolute atomic E-state index is 0.0633. The highest BCUT2D eigenvalue weighted by molar-refractivity contribution is 7.80. The molecular formula is C19H21N3O2S. The second-order valence-electron chi connectivity index (χ2n) is 5.64. The molecule has 0 aliphatic carbocycles. The minimum Gasteiger partial charge on any atom is -0.485 e. The maximum atomic E-state index is 6.16. The van der Waals surface area contributed by atoms with Crippen LogP contribution in [-0.2, 0) is 4.74 Å². The largest absolute Gasteiger partial charge is 0.485 e. The van der Waals surface area contributed by atoms with Crippen molar-refractivity contribution in [2.75, 3.05) is 20.3 Å². The minimum atomic E-state index is -0.0633. The Kier molecular flexibility index (Phi) is 5.98. The Morgan fingerprint density at radius 1 is 1.20 bits per heavy atom. The van der Waals surface area contributed by atoms with Crippen LogP contribution in [0.4, 0.5) is 0 Å². The molecule has 1 aliphatic rings. The first-order valence-corrected chi connectivity index (χ1v) is 8.59. The molecule has 1 aliphatic heterocycles. The number of rotatable bonds is 5. The topological polar surface area (TPSA) is 54.9 Å². The standard InChI is InChI=1S/C19H21N3O2S/c1-23-12-11-20-19(25)22-21-16-13-18(14-7-3-2-4-8-14)24-17-10-6-5-9-15(16)17/h2-10,18H,11-13H2,1H3,(H2,20,22,25). The lowest BCUT2D eigenvalue weighted by molar-refractivity contribution is 0.204. The van der Waals surface area contributed by atoms with E-state index < -0.39 is 0 Å². The Morgan fingerprint density at radius 2 is 1.96 bits per heavy atom. The van der Waals surface area contributed by atoms with Crippen LogP contribution in [0, 0.1) is 0 Å². The molecular weight excluding hydrogens is 334 g/mol. The Balaban J connectivity index is 1.77. The highest BCUT2D eigenvalue weighted by atomic mass is 32.1. The summed E-state index contributed by atoms with van der Waals surface area (Å²) in [7, 11) is 1.65. The number of nitrogens with one attached hydrogen (secondary N) is 2. The van der Waals surface area contributed by atoms with Crippen LogP contribution in [0.3, 0.4) is 0 Å². The van der Waals surface area contributed by atoms with Gasteiger partial charge in [-0.3, -0.25) is 5.43 Å². The summed E-state index contributed by atoms with van der Waals surface area (Å²) in [5.74, 6) is 0.835. The molecule has 0 bridgehead atoms. The predicted octanol–water partition coefficient (Wildman–Crippen LogP) is 3.03. The number of para-hydroxylation sites is 1. The molecule has 2 aromatic rings. The van der Waals surface area contributed by atoms with Crippen LogP contribution in [0.25, 0.3) is 0 Å². The van der Waals surface area contributed by atoms with Gasteiger partial charge in [-0.15, -0.1) is 0 Å². The predicted molar refractivity (Wildman–Crippen MR) is 103 cm³/mol. The van der Waals surface area contributed by atoms with Crippen molar-refractivity contribution < 1.29 is 9.47 Å². The zero-order chi connectivity index (χ0) is 17.5. The fourth-order valence-corrected chi connectivity index (χ4v) is 2.82. The van der Waals surface area contributed by atoms with E-state index in [4.69, 9.17) is 21.7 Å². The van der Waals surface area contributed by atoms with E-state index in [2.05, 4.69) is 28.0 Å². The number of hydrogen-bond donors (Lipinski definition) is 2. The lowest BCUT2D eigenvalue weighted by atomic mass is 9.96. The SMILES string of the molecule is COCCNC(=S)NN=C1CC(c2ccccc2)Oc2ccccc21. The Morgan fingerprint density at radius 3 is 2.76 bits per heavy atom. The zero-order valence-electron chi connectivity index (χ0n) is 14.1. The molecule has 25 heavy (non-hydrogen) atoms. The van der Waals surface area contributed by atoms with Crippen LogP contribution >= 0.6 is 12.2 Å². The molecule has 0 aromatic heterocycles. The molecule has 0 radical (unpaired) electrons. The quantitative estimate of drug-likeness (QED) is 0.491. The maximum Gasteiger partial charge on any atom is 0.187 e. The summed E-state index contributed by atoms with van der Waals surface area (Å²) in [5.41, 5.74) is 5.96. The van der Waals surface area contributed by atoms with Crippen molar-refractivity contribution in [3.8, 4) is 5.75 Å². The van der Waals surface area contributed by atoms with Gasteiger partial charge in [-0.25, -0.2) is 0 Å². The van der Waals surface area contributed by atoms with Crippen LogP contribution in [0.5, 0.6) is 5.75 Å². The van der Waals surface area contributed by atoms with E-state index in [0.717, 1.165) is 22.6 Å². The van der Waals surface area contributed by atoms with Gasteiger partial charge < -0.3 is 14.8 Å². The highest BCUT2D eigenvalue weighted by Crippen LogP contribution is 2.34. The van der Waals surface area contributed by atoms with Crippen molar-refractivity contribution >= 4 is 23.0 Å². The van der Waals surface area contributed by atoms with Crippen LogP contribution < -0.4 is 15.5 Å². The molecule has 0 fully saturated rings. The van der Waals surface area contributed by atoms with Crippen LogP contribution in [0.15, 0.2) is 59.7 Å². The average Bonchev–Trinajstić information content (AvgIpc) is 2.67. The molecule has 0 spiro atoms. The van der Waals surface area contributed by atoms with Gasteiger partial charge in [-0.1, -0.05) is 42.5 Å². The second-order valence-corrected chi connectivity index (χ2v) is 6.04. The number of benzene rings is 2. The Bertz CT molecular complexity index is 749. The van der Waals surface area contributed by atoms with Gasteiger partial charge in [0.25, 0.3) is 0 Å². The van der Waals surface area contributed by atoms with E-state index in [0.29, 0.717) is 24.7 Å². The lowest BCUT2D eigenvalue weighted by Crippen LogP contribution is -2.35. The van der Waals surface area contributed by atoms with Gasteiger partial charge in [0.15, 0.2) is 5.11 Å². The number of nitrogens with zero attached hydrogens (tertiary/aromatic N) is 1. The first-order chi connectivity index (χ1) is 12.3. The normalized spacial score (nSPS) is 17.5. The molecule has 2 N–H and O–H groups in total. The first-order valence-electron chi connectivity index (χ1n) is 8.18. The van der Waals surface area contributed by atoms with E-state index in [1.165, 1.54) is 0 Å². The monoisotopic (exact) mass is 355 g/mol. The average molecular weight is 355 g/mol. The van der Waals surface area contributed by atoms with Crippen molar-refractivity contribution in [1.82, 2.24) is 10.7 Å². The Hall–Kier alpha value is -2.44. The van der Waals surface area contributed by atoms with Crippen LogP contribution in [-0.4, -0.2) is 31.1 Å². The molecule has 1 unspecified atom stereocenters. The number of hydrogen-bond acceptors (Lipinski definition) is 4. The van der Waals surface area contributed by atoms with Gasteiger partial charge in [0.05, 0.1) is 12.3 Å². The van der Waals surface area contributed by atoms with Crippen LogP contribution in [0.2, 0.25) is 0 Å². The molecule has 6 heteroatoms. The summed E-state index contributed by atoms with van der Waals surface area (Å²) in [6.07, 6.45) is 0.612. The number of fused-ring (bicyclic) bond motifs is 1. The highest BCUT2D eigenvalue weighted by Gasteiger charge is 2.26. The van der Waals surface area contributed by atoms with Gasteiger partial charge >= 0.3 is 0 Å². The summed E-state index contributed by atoms with van der Waals surface area (Å²) in [6.45, 7) is 1.23. The summed E-state index contributed by atoms with van der Waals surface area (Å²) < 4.78 is 11.2. The zero-order valence-corrected chi connectivity index (χ0v) is 14.9. The van der Waals surface area contributed by atoms with Gasteiger partial charge in [0.2, 0.25) is 0 Å². The van der Waals surface area contributed by atoms with Crippen molar-refractivity contribution in [2.45, 2.75) is 12.5 Å². The van der Waals surface area contributed by atoms with E-state index >= 15 is 0 Å². The molecule has 1 heterocycles. The van der Waals surface area contributed by atoms with E-state index in [1.807, 2.05) is 42.5 Å². The van der Waals surface area contributed by atoms with Gasteiger partial charge in [-0.05, 0) is 29.9 Å². The fraction of sp³-hybridized carbons (Fsp3) is 0.263. The molecule has 5 nitrogen and oxygen atoms in total. The number of ether oxygens (including phenoxy) is 2. The molecule has 130 valence electrons. The summed E-state index contributed by atoms with van der Waals surface area (Å²) >= 11 is 5.24.